The molecule has 0 heterocycles. The Bertz CT molecular complexity index is 1100. The third-order valence-corrected chi connectivity index (χ3v) is 9.32. The van der Waals surface area contributed by atoms with Gasteiger partial charge in [0.1, 0.15) is 0 Å². The van der Waals surface area contributed by atoms with E-state index in [4.69, 9.17) is 0 Å². The second-order valence-electron chi connectivity index (χ2n) is 11.8. The van der Waals surface area contributed by atoms with E-state index in [0.29, 0.717) is 0 Å². The minimum atomic E-state index is 1.39. The van der Waals surface area contributed by atoms with Crippen molar-refractivity contribution in [1.82, 2.24) is 0 Å². The van der Waals surface area contributed by atoms with E-state index in [1.54, 1.807) is 0 Å². The van der Waals surface area contributed by atoms with Crippen LogP contribution in [-0.4, -0.2) is 0 Å². The molecule has 0 nitrogen and oxygen atoms in total. The number of aryl methyl sites for hydroxylation is 8. The molecule has 0 aromatic heterocycles. The van der Waals surface area contributed by atoms with Crippen molar-refractivity contribution in [3.63, 3.8) is 0 Å². The van der Waals surface area contributed by atoms with Gasteiger partial charge in [-0.15, -0.1) is 0 Å². The molecule has 0 fully saturated rings. The highest BCUT2D eigenvalue weighted by Gasteiger charge is 2.00. The van der Waals surface area contributed by atoms with Gasteiger partial charge in [0.15, 0.2) is 0 Å². The maximum absolute atomic E-state index is 2.18. The van der Waals surface area contributed by atoms with Crippen molar-refractivity contribution in [2.24, 2.45) is 0 Å². The Morgan fingerprint density at radius 1 is 0.175 bits per heavy atom. The van der Waals surface area contributed by atoms with E-state index in [1.165, 1.54) is 89.0 Å². The second-order valence-corrected chi connectivity index (χ2v) is 11.8. The number of benzene rings is 4. The Labute approximate surface area is 247 Å². The van der Waals surface area contributed by atoms with Crippen LogP contribution in [0.25, 0.3) is 0 Å². The van der Waals surface area contributed by atoms with Crippen LogP contribution in [0.2, 0.25) is 0 Å². The first kappa shape index (κ1) is 34.9. The van der Waals surface area contributed by atoms with Crippen molar-refractivity contribution in [3.05, 3.63) is 138 Å². The molecule has 0 saturated carbocycles. The number of rotatable bonds is 0. The van der Waals surface area contributed by atoms with Gasteiger partial charge >= 0.3 is 0 Å². The Morgan fingerprint density at radius 3 is 0.325 bits per heavy atom. The van der Waals surface area contributed by atoms with Crippen molar-refractivity contribution in [2.75, 3.05) is 0 Å². The van der Waals surface area contributed by atoms with Crippen molar-refractivity contribution in [1.29, 1.82) is 0 Å². The summed E-state index contributed by atoms with van der Waals surface area (Å²) < 4.78 is 0. The van der Waals surface area contributed by atoms with Crippen molar-refractivity contribution >= 4 is 0 Å². The highest BCUT2D eigenvalue weighted by atomic mass is 14.1. The quantitative estimate of drug-likeness (QED) is 0.210. The fraction of sp³-hybridized carbons (Fsp3) is 0.400. The minimum absolute atomic E-state index is 1.39. The fourth-order valence-electron chi connectivity index (χ4n) is 4.37. The van der Waals surface area contributed by atoms with Gasteiger partial charge in [-0.3, -0.25) is 0 Å². The molecule has 4 aromatic carbocycles. The van der Waals surface area contributed by atoms with E-state index in [9.17, 15) is 0 Å². The zero-order valence-electron chi connectivity index (χ0n) is 28.6. The number of hydrogen-bond acceptors (Lipinski definition) is 0. The molecule has 0 atom stereocenters. The summed E-state index contributed by atoms with van der Waals surface area (Å²) >= 11 is 0. The molecule has 0 bridgehead atoms. The SMILES string of the molecule is Cc1ccc(C)c(C)c1C.Cc1ccc(C)c(C)c1C.Cc1ccc(C)c(C)c1C.Cc1ccc(C)c(C)c1C. The van der Waals surface area contributed by atoms with Crippen LogP contribution in [0.3, 0.4) is 0 Å². The lowest BCUT2D eigenvalue weighted by Gasteiger charge is -2.06. The van der Waals surface area contributed by atoms with Gasteiger partial charge in [-0.25, -0.2) is 0 Å². The monoisotopic (exact) mass is 536 g/mol. The summed E-state index contributed by atoms with van der Waals surface area (Å²) in [5.74, 6) is 0. The summed E-state index contributed by atoms with van der Waals surface area (Å²) in [7, 11) is 0. The molecule has 0 spiro atoms. The smallest absolute Gasteiger partial charge is 0.0392 e. The van der Waals surface area contributed by atoms with E-state index < -0.39 is 0 Å². The molecular formula is C40H56. The Kier molecular flexibility index (Phi) is 13.6. The van der Waals surface area contributed by atoms with Crippen LogP contribution >= 0.6 is 0 Å². The van der Waals surface area contributed by atoms with E-state index in [1.807, 2.05) is 0 Å². The first-order valence-corrected chi connectivity index (χ1v) is 14.6. The topological polar surface area (TPSA) is 0 Å². The molecule has 4 rings (SSSR count). The van der Waals surface area contributed by atoms with Crippen LogP contribution in [0.4, 0.5) is 0 Å². The average molecular weight is 537 g/mol. The first-order valence-electron chi connectivity index (χ1n) is 14.6. The van der Waals surface area contributed by atoms with Gasteiger partial charge in [-0.1, -0.05) is 48.5 Å². The first-order chi connectivity index (χ1) is 18.5. The largest absolute Gasteiger partial charge is 0.0588 e. The molecule has 216 valence electrons. The Morgan fingerprint density at radius 2 is 0.250 bits per heavy atom. The van der Waals surface area contributed by atoms with Crippen molar-refractivity contribution in [2.45, 2.75) is 111 Å². The van der Waals surface area contributed by atoms with E-state index >= 15 is 0 Å². The fourth-order valence-corrected chi connectivity index (χ4v) is 4.37. The molecule has 0 heteroatoms. The standard InChI is InChI=1S/4C10H14/c4*1-7-5-6-8(2)10(4)9(7)3/h4*5-6H,1-4H3. The summed E-state index contributed by atoms with van der Waals surface area (Å²) in [5, 5.41) is 0. The maximum atomic E-state index is 2.18. The van der Waals surface area contributed by atoms with Gasteiger partial charge in [0, 0.05) is 0 Å². The lowest BCUT2D eigenvalue weighted by atomic mass is 10.0. The van der Waals surface area contributed by atoms with Crippen LogP contribution < -0.4 is 0 Å². The molecule has 0 amide bonds. The summed E-state index contributed by atoms with van der Waals surface area (Å²) in [5.41, 5.74) is 22.6. The minimum Gasteiger partial charge on any atom is -0.0588 e. The van der Waals surface area contributed by atoms with E-state index in [2.05, 4.69) is 159 Å². The van der Waals surface area contributed by atoms with Gasteiger partial charge in [0.05, 0.1) is 0 Å². The van der Waals surface area contributed by atoms with E-state index in [-0.39, 0.29) is 0 Å². The summed E-state index contributed by atoms with van der Waals surface area (Å²) in [4.78, 5) is 0. The second kappa shape index (κ2) is 15.6. The zero-order valence-corrected chi connectivity index (χ0v) is 28.6. The third-order valence-electron chi connectivity index (χ3n) is 9.32. The molecule has 0 aliphatic carbocycles. The molecule has 0 saturated heterocycles. The Balaban J connectivity index is 0.000000267. The summed E-state index contributed by atoms with van der Waals surface area (Å²) in [6.45, 7) is 34.7. The predicted octanol–water partition coefficient (Wildman–Crippen LogP) is 11.7. The molecule has 4 aromatic rings. The van der Waals surface area contributed by atoms with Gasteiger partial charge in [-0.2, -0.15) is 0 Å². The molecule has 40 heavy (non-hydrogen) atoms. The van der Waals surface area contributed by atoms with Crippen molar-refractivity contribution < 1.29 is 0 Å². The van der Waals surface area contributed by atoms with E-state index in [0.717, 1.165) is 0 Å². The number of hydrogen-bond donors (Lipinski definition) is 0. The highest BCUT2D eigenvalue weighted by molar-refractivity contribution is 5.40. The third kappa shape index (κ3) is 9.51. The van der Waals surface area contributed by atoms with Crippen LogP contribution in [0.15, 0.2) is 48.5 Å². The van der Waals surface area contributed by atoms with Crippen LogP contribution in [0.1, 0.15) is 89.0 Å². The molecule has 0 unspecified atom stereocenters. The van der Waals surface area contributed by atoms with Crippen LogP contribution in [0.5, 0.6) is 0 Å². The molecular weight excluding hydrogens is 480 g/mol. The molecule has 0 N–H and O–H groups in total. The predicted molar refractivity (Wildman–Crippen MR) is 182 cm³/mol. The molecule has 0 aliphatic heterocycles. The van der Waals surface area contributed by atoms with Crippen LogP contribution in [-0.2, 0) is 0 Å². The zero-order chi connectivity index (χ0) is 30.9. The van der Waals surface area contributed by atoms with Gasteiger partial charge in [0.2, 0.25) is 0 Å². The maximum Gasteiger partial charge on any atom is -0.0392 e. The van der Waals surface area contributed by atoms with Gasteiger partial charge < -0.3 is 0 Å². The van der Waals surface area contributed by atoms with Crippen LogP contribution in [0, 0.1) is 111 Å². The summed E-state index contributed by atoms with van der Waals surface area (Å²) in [6, 6.07) is 17.4. The molecule has 0 radical (unpaired) electrons. The summed E-state index contributed by atoms with van der Waals surface area (Å²) in [6.07, 6.45) is 0. The normalized spacial score (nSPS) is 10.0. The van der Waals surface area contributed by atoms with Gasteiger partial charge in [-0.05, 0) is 200 Å². The lowest BCUT2D eigenvalue weighted by Crippen LogP contribution is -1.88. The Hall–Kier alpha value is -3.12. The highest BCUT2D eigenvalue weighted by Crippen LogP contribution is 2.17. The average Bonchev–Trinajstić information content (AvgIpc) is 2.93. The van der Waals surface area contributed by atoms with Crippen molar-refractivity contribution in [3.8, 4) is 0 Å². The molecule has 0 aliphatic rings. The lowest BCUT2D eigenvalue weighted by molar-refractivity contribution is 1.22. The van der Waals surface area contributed by atoms with Gasteiger partial charge in [0.25, 0.3) is 0 Å².